The number of ether oxygens (including phenoxy) is 1. The quantitative estimate of drug-likeness (QED) is 0.423. The van der Waals surface area contributed by atoms with Crippen LogP contribution in [0, 0.1) is 5.82 Å². The number of carbonyl (C=O) groups excluding carboxylic acids is 2. The molecule has 2 heterocycles. The van der Waals surface area contributed by atoms with Crippen LogP contribution in [0.15, 0.2) is 40.2 Å². The van der Waals surface area contributed by atoms with E-state index in [1.165, 1.54) is 44.0 Å². The van der Waals surface area contributed by atoms with Gasteiger partial charge in [0.2, 0.25) is 5.78 Å². The molecule has 10 heteroatoms. The van der Waals surface area contributed by atoms with Gasteiger partial charge in [-0.15, -0.1) is 0 Å². The number of benzene rings is 1. The van der Waals surface area contributed by atoms with Crippen LogP contribution in [0.5, 0.6) is 0 Å². The first-order chi connectivity index (χ1) is 14.2. The van der Waals surface area contributed by atoms with E-state index in [1.807, 2.05) is 0 Å². The van der Waals surface area contributed by atoms with Gasteiger partial charge < -0.3 is 9.30 Å². The van der Waals surface area contributed by atoms with Crippen LogP contribution >= 0.6 is 0 Å². The lowest BCUT2D eigenvalue weighted by atomic mass is 10.1. The third kappa shape index (κ3) is 4.07. The van der Waals surface area contributed by atoms with Gasteiger partial charge in [0.1, 0.15) is 5.82 Å². The molecule has 0 amide bonds. The molecule has 1 aromatic carbocycles. The van der Waals surface area contributed by atoms with Gasteiger partial charge in [0.15, 0.2) is 17.3 Å². The molecule has 0 aliphatic rings. The van der Waals surface area contributed by atoms with Gasteiger partial charge in [0.25, 0.3) is 5.56 Å². The van der Waals surface area contributed by atoms with E-state index in [0.717, 1.165) is 16.7 Å². The van der Waals surface area contributed by atoms with Crippen LogP contribution in [0.3, 0.4) is 0 Å². The van der Waals surface area contributed by atoms with Crippen LogP contribution in [0.2, 0.25) is 0 Å². The molecule has 1 atom stereocenters. The summed E-state index contributed by atoms with van der Waals surface area (Å²) in [6, 6.07) is 4.99. The van der Waals surface area contributed by atoms with Gasteiger partial charge >= 0.3 is 11.7 Å². The van der Waals surface area contributed by atoms with Gasteiger partial charge in [0.05, 0.1) is 6.33 Å². The first-order valence-electron chi connectivity index (χ1n) is 9.30. The molecule has 0 spiro atoms. The number of hydrogen-bond acceptors (Lipinski definition) is 6. The van der Waals surface area contributed by atoms with Crippen molar-refractivity contribution >= 4 is 22.9 Å². The molecule has 158 valence electrons. The SMILES string of the molecule is C[C@H](OC(=O)CCCn1cnc2c1c(=O)n(C)c(=O)n2C)C(=O)c1ccc(F)cc1. The monoisotopic (exact) mass is 416 g/mol. The second-order valence-corrected chi connectivity index (χ2v) is 6.92. The molecule has 0 radical (unpaired) electrons. The molecule has 0 aliphatic heterocycles. The maximum Gasteiger partial charge on any atom is 0.332 e. The summed E-state index contributed by atoms with van der Waals surface area (Å²) in [6.07, 6.45) is 0.803. The predicted molar refractivity (Wildman–Crippen MR) is 106 cm³/mol. The van der Waals surface area contributed by atoms with E-state index >= 15 is 0 Å². The maximum absolute atomic E-state index is 13.0. The van der Waals surface area contributed by atoms with Crippen molar-refractivity contribution in [1.29, 1.82) is 0 Å². The summed E-state index contributed by atoms with van der Waals surface area (Å²) < 4.78 is 22.0. The van der Waals surface area contributed by atoms with Gasteiger partial charge in [-0.1, -0.05) is 0 Å². The minimum atomic E-state index is -1.00. The van der Waals surface area contributed by atoms with Gasteiger partial charge in [0, 0.05) is 32.6 Å². The second kappa shape index (κ2) is 8.44. The first-order valence-corrected chi connectivity index (χ1v) is 9.30. The van der Waals surface area contributed by atoms with Crippen LogP contribution in [0.1, 0.15) is 30.1 Å². The summed E-state index contributed by atoms with van der Waals surface area (Å²) in [5.74, 6) is -1.45. The highest BCUT2D eigenvalue weighted by molar-refractivity contribution is 6.00. The smallest absolute Gasteiger partial charge is 0.332 e. The van der Waals surface area contributed by atoms with Crippen molar-refractivity contribution in [1.82, 2.24) is 18.7 Å². The van der Waals surface area contributed by atoms with Crippen molar-refractivity contribution in [2.45, 2.75) is 32.4 Å². The van der Waals surface area contributed by atoms with E-state index in [1.54, 1.807) is 4.57 Å². The number of fused-ring (bicyclic) bond motifs is 1. The molecule has 0 bridgehead atoms. The molecular weight excluding hydrogens is 395 g/mol. The number of hydrogen-bond donors (Lipinski definition) is 0. The lowest BCUT2D eigenvalue weighted by molar-refractivity contribution is -0.146. The molecule has 2 aromatic heterocycles. The first kappa shape index (κ1) is 21.2. The number of nitrogens with zero attached hydrogens (tertiary/aromatic N) is 4. The van der Waals surface area contributed by atoms with Gasteiger partial charge in [-0.25, -0.2) is 14.2 Å². The Morgan fingerprint density at radius 3 is 2.47 bits per heavy atom. The van der Waals surface area contributed by atoms with E-state index in [0.29, 0.717) is 13.0 Å². The summed E-state index contributed by atoms with van der Waals surface area (Å²) in [5, 5.41) is 0. The Hall–Kier alpha value is -3.56. The third-order valence-corrected chi connectivity index (χ3v) is 4.80. The molecule has 9 nitrogen and oxygen atoms in total. The van der Waals surface area contributed by atoms with Gasteiger partial charge in [-0.2, -0.15) is 0 Å². The van der Waals surface area contributed by atoms with E-state index in [2.05, 4.69) is 4.98 Å². The molecule has 3 rings (SSSR count). The lowest BCUT2D eigenvalue weighted by Gasteiger charge is -2.12. The number of imidazole rings is 1. The average Bonchev–Trinajstić information content (AvgIpc) is 3.14. The average molecular weight is 416 g/mol. The molecule has 30 heavy (non-hydrogen) atoms. The standard InChI is InChI=1S/C20H21FN4O5/c1-12(17(27)13-6-8-14(21)9-7-13)30-15(26)5-4-10-25-11-22-18-16(25)19(28)24(3)20(29)23(18)2/h6-9,11-12H,4-5,10H2,1-3H3/t12-/m0/s1. The Morgan fingerprint density at radius 2 is 1.80 bits per heavy atom. The zero-order valence-electron chi connectivity index (χ0n) is 16.8. The summed E-state index contributed by atoms with van der Waals surface area (Å²) in [6.45, 7) is 1.76. The number of halogens is 1. The fraction of sp³-hybridized carbons (Fsp3) is 0.350. The Balaban J connectivity index is 1.61. The minimum absolute atomic E-state index is 0.0206. The minimum Gasteiger partial charge on any atom is -0.454 e. The van der Waals surface area contributed by atoms with E-state index in [4.69, 9.17) is 4.74 Å². The summed E-state index contributed by atoms with van der Waals surface area (Å²) in [5.41, 5.74) is -0.145. The molecule has 0 fully saturated rings. The Kier molecular flexibility index (Phi) is 5.95. The second-order valence-electron chi connectivity index (χ2n) is 6.92. The largest absolute Gasteiger partial charge is 0.454 e. The number of rotatable bonds is 7. The Bertz CT molecular complexity index is 1220. The van der Waals surface area contributed by atoms with Crippen molar-refractivity contribution in [3.8, 4) is 0 Å². The normalized spacial score (nSPS) is 12.1. The molecule has 0 unspecified atom stereocenters. The van der Waals surface area contributed by atoms with Crippen LogP contribution < -0.4 is 11.2 Å². The van der Waals surface area contributed by atoms with E-state index in [9.17, 15) is 23.6 Å². The fourth-order valence-corrected chi connectivity index (χ4v) is 3.12. The molecular formula is C20H21FN4O5. The van der Waals surface area contributed by atoms with Crippen LogP contribution in [0.4, 0.5) is 4.39 Å². The highest BCUT2D eigenvalue weighted by Gasteiger charge is 2.20. The summed E-state index contributed by atoms with van der Waals surface area (Å²) in [7, 11) is 2.91. The highest BCUT2D eigenvalue weighted by atomic mass is 19.1. The maximum atomic E-state index is 13.0. The van der Waals surface area contributed by atoms with Crippen LogP contribution in [0.25, 0.3) is 11.2 Å². The molecule has 0 N–H and O–H groups in total. The van der Waals surface area contributed by atoms with Crippen molar-refractivity contribution in [3.05, 3.63) is 62.8 Å². The lowest BCUT2D eigenvalue weighted by Crippen LogP contribution is -2.37. The number of carbonyl (C=O) groups is 2. The molecule has 3 aromatic rings. The van der Waals surface area contributed by atoms with E-state index < -0.39 is 34.9 Å². The van der Waals surface area contributed by atoms with Gasteiger partial charge in [-0.3, -0.25) is 23.5 Å². The highest BCUT2D eigenvalue weighted by Crippen LogP contribution is 2.11. The van der Waals surface area contributed by atoms with Crippen molar-refractivity contribution in [2.24, 2.45) is 14.1 Å². The number of aryl methyl sites for hydroxylation is 2. The predicted octanol–water partition coefficient (Wildman–Crippen LogP) is 1.17. The third-order valence-electron chi connectivity index (χ3n) is 4.80. The Labute approximate surface area is 170 Å². The number of esters is 1. The zero-order valence-corrected chi connectivity index (χ0v) is 16.8. The van der Waals surface area contributed by atoms with Crippen molar-refractivity contribution in [3.63, 3.8) is 0 Å². The zero-order chi connectivity index (χ0) is 22.0. The fourth-order valence-electron chi connectivity index (χ4n) is 3.12. The van der Waals surface area contributed by atoms with E-state index in [-0.39, 0.29) is 23.1 Å². The Morgan fingerprint density at radius 1 is 1.13 bits per heavy atom. The number of aromatic nitrogens is 4. The number of ketones is 1. The van der Waals surface area contributed by atoms with Crippen molar-refractivity contribution in [2.75, 3.05) is 0 Å². The van der Waals surface area contributed by atoms with Gasteiger partial charge in [-0.05, 0) is 37.6 Å². The molecule has 0 saturated heterocycles. The summed E-state index contributed by atoms with van der Waals surface area (Å²) in [4.78, 5) is 52.8. The molecule has 0 saturated carbocycles. The number of Topliss-reactive ketones (excluding diaryl/α,β-unsaturated/α-hetero) is 1. The summed E-state index contributed by atoms with van der Waals surface area (Å²) >= 11 is 0. The molecule has 0 aliphatic carbocycles. The van der Waals surface area contributed by atoms with Crippen LogP contribution in [-0.2, 0) is 30.2 Å². The topological polar surface area (TPSA) is 105 Å². The van der Waals surface area contributed by atoms with Crippen molar-refractivity contribution < 1.29 is 18.7 Å². The van der Waals surface area contributed by atoms with Crippen LogP contribution in [-0.4, -0.2) is 36.5 Å².